The number of aromatic nitrogens is 1. The summed E-state index contributed by atoms with van der Waals surface area (Å²) >= 11 is 0. The first-order valence-electron chi connectivity index (χ1n) is 5.49. The molecule has 0 saturated heterocycles. The van der Waals surface area contributed by atoms with Crippen LogP contribution in [0.4, 0.5) is 0 Å². The molecule has 0 aliphatic heterocycles. The fraction of sp³-hybridized carbons (Fsp3) is 0.636. The number of carbonyl (C=O) groups is 1. The van der Waals surface area contributed by atoms with Crippen molar-refractivity contribution in [2.24, 2.45) is 11.7 Å². The maximum Gasteiger partial charge on any atom is 0.273 e. The van der Waals surface area contributed by atoms with Gasteiger partial charge in [0.2, 0.25) is 0 Å². The summed E-state index contributed by atoms with van der Waals surface area (Å²) in [7, 11) is 0. The second kappa shape index (κ2) is 3.90. The van der Waals surface area contributed by atoms with Gasteiger partial charge in [0.25, 0.3) is 5.91 Å². The van der Waals surface area contributed by atoms with Gasteiger partial charge in [0.05, 0.1) is 5.54 Å². The number of nitrogens with one attached hydrogen (secondary N) is 1. The summed E-state index contributed by atoms with van der Waals surface area (Å²) in [4.78, 5) is 15.8. The Labute approximate surface area is 94.4 Å². The van der Waals surface area contributed by atoms with Crippen molar-refractivity contribution in [3.63, 3.8) is 0 Å². The molecule has 3 N–H and O–H groups in total. The van der Waals surface area contributed by atoms with Gasteiger partial charge in [0.15, 0.2) is 12.1 Å². The standard InChI is InChI=1S/C11H17N3O2/c1-7-9(13-6-16-7)10(15)14-11(2,5-12)8-3-4-8/h6,8H,3-5,12H2,1-2H3,(H,14,15). The number of carbonyl (C=O) groups excluding carboxylic acids is 1. The lowest BCUT2D eigenvalue weighted by Crippen LogP contribution is -2.53. The van der Waals surface area contributed by atoms with Crippen LogP contribution in [0.2, 0.25) is 0 Å². The highest BCUT2D eigenvalue weighted by molar-refractivity contribution is 5.93. The number of aryl methyl sites for hydroxylation is 1. The number of amides is 1. The molecule has 1 fully saturated rings. The normalized spacial score (nSPS) is 19.2. The van der Waals surface area contributed by atoms with E-state index in [4.69, 9.17) is 10.2 Å². The van der Waals surface area contributed by atoms with E-state index in [1.54, 1.807) is 6.92 Å². The molecule has 1 aliphatic rings. The third kappa shape index (κ3) is 1.95. The largest absolute Gasteiger partial charge is 0.448 e. The Morgan fingerprint density at radius 1 is 1.75 bits per heavy atom. The van der Waals surface area contributed by atoms with Gasteiger partial charge in [0, 0.05) is 6.54 Å². The summed E-state index contributed by atoms with van der Waals surface area (Å²) in [6.07, 6.45) is 3.54. The van der Waals surface area contributed by atoms with Crippen LogP contribution >= 0.6 is 0 Å². The van der Waals surface area contributed by atoms with Gasteiger partial charge >= 0.3 is 0 Å². The fourth-order valence-corrected chi connectivity index (χ4v) is 1.88. The van der Waals surface area contributed by atoms with Crippen LogP contribution in [-0.2, 0) is 0 Å². The summed E-state index contributed by atoms with van der Waals surface area (Å²) < 4.78 is 5.01. The van der Waals surface area contributed by atoms with Gasteiger partial charge < -0.3 is 15.5 Å². The van der Waals surface area contributed by atoms with E-state index in [2.05, 4.69) is 10.3 Å². The molecule has 5 heteroatoms. The number of rotatable bonds is 4. The topological polar surface area (TPSA) is 81.2 Å². The molecule has 1 amide bonds. The fourth-order valence-electron chi connectivity index (χ4n) is 1.88. The van der Waals surface area contributed by atoms with Crippen molar-refractivity contribution in [2.45, 2.75) is 32.2 Å². The minimum atomic E-state index is -0.317. The maximum atomic E-state index is 11.9. The average molecular weight is 223 g/mol. The summed E-state index contributed by atoms with van der Waals surface area (Å²) in [5.74, 6) is 0.826. The second-order valence-electron chi connectivity index (χ2n) is 4.61. The van der Waals surface area contributed by atoms with E-state index in [1.165, 1.54) is 6.39 Å². The van der Waals surface area contributed by atoms with Crippen molar-refractivity contribution in [1.29, 1.82) is 0 Å². The monoisotopic (exact) mass is 223 g/mol. The molecule has 0 aromatic carbocycles. The minimum absolute atomic E-state index is 0.203. The highest BCUT2D eigenvalue weighted by Gasteiger charge is 2.42. The quantitative estimate of drug-likeness (QED) is 0.792. The highest BCUT2D eigenvalue weighted by Crippen LogP contribution is 2.39. The van der Waals surface area contributed by atoms with Crippen LogP contribution in [0.1, 0.15) is 36.0 Å². The van der Waals surface area contributed by atoms with Gasteiger partial charge in [-0.05, 0) is 32.6 Å². The number of nitrogens with two attached hydrogens (primary N) is 1. The highest BCUT2D eigenvalue weighted by atomic mass is 16.3. The molecule has 0 radical (unpaired) electrons. The molecule has 2 rings (SSSR count). The Balaban J connectivity index is 2.09. The summed E-state index contributed by atoms with van der Waals surface area (Å²) in [6.45, 7) is 4.15. The molecular formula is C11H17N3O2. The smallest absolute Gasteiger partial charge is 0.273 e. The lowest BCUT2D eigenvalue weighted by Gasteiger charge is -2.29. The second-order valence-corrected chi connectivity index (χ2v) is 4.61. The van der Waals surface area contributed by atoms with Gasteiger partial charge in [-0.15, -0.1) is 0 Å². The Morgan fingerprint density at radius 2 is 2.44 bits per heavy atom. The molecule has 1 aromatic heterocycles. The van der Waals surface area contributed by atoms with Crippen LogP contribution in [0, 0.1) is 12.8 Å². The molecule has 0 spiro atoms. The molecule has 1 heterocycles. The van der Waals surface area contributed by atoms with Crippen LogP contribution in [-0.4, -0.2) is 23.0 Å². The molecular weight excluding hydrogens is 206 g/mol. The van der Waals surface area contributed by atoms with Crippen molar-refractivity contribution in [1.82, 2.24) is 10.3 Å². The van der Waals surface area contributed by atoms with Crippen LogP contribution < -0.4 is 11.1 Å². The average Bonchev–Trinajstić information content (AvgIpc) is 3.02. The Hall–Kier alpha value is -1.36. The molecule has 0 bridgehead atoms. The Bertz CT molecular complexity index is 398. The first-order valence-corrected chi connectivity index (χ1v) is 5.49. The molecule has 1 saturated carbocycles. The SMILES string of the molecule is Cc1ocnc1C(=O)NC(C)(CN)C1CC1. The zero-order valence-corrected chi connectivity index (χ0v) is 9.62. The van der Waals surface area contributed by atoms with E-state index in [0.29, 0.717) is 23.9 Å². The molecule has 1 unspecified atom stereocenters. The van der Waals surface area contributed by atoms with E-state index >= 15 is 0 Å². The summed E-state index contributed by atoms with van der Waals surface area (Å²) in [6, 6.07) is 0. The van der Waals surface area contributed by atoms with Gasteiger partial charge in [-0.2, -0.15) is 0 Å². The van der Waals surface area contributed by atoms with Gasteiger partial charge in [-0.1, -0.05) is 0 Å². The van der Waals surface area contributed by atoms with Crippen molar-refractivity contribution < 1.29 is 9.21 Å². The number of nitrogens with zero attached hydrogens (tertiary/aromatic N) is 1. The molecule has 16 heavy (non-hydrogen) atoms. The molecule has 88 valence electrons. The number of oxazole rings is 1. The zero-order chi connectivity index (χ0) is 11.8. The molecule has 1 aliphatic carbocycles. The van der Waals surface area contributed by atoms with Crippen LogP contribution in [0.5, 0.6) is 0 Å². The lowest BCUT2D eigenvalue weighted by atomic mass is 9.96. The van der Waals surface area contributed by atoms with E-state index in [1.807, 2.05) is 6.92 Å². The number of hydrogen-bond acceptors (Lipinski definition) is 4. The maximum absolute atomic E-state index is 11.9. The van der Waals surface area contributed by atoms with Crippen LogP contribution in [0.15, 0.2) is 10.8 Å². The predicted octanol–water partition coefficient (Wildman–Crippen LogP) is 0.840. The van der Waals surface area contributed by atoms with Gasteiger partial charge in [-0.3, -0.25) is 4.79 Å². The van der Waals surface area contributed by atoms with E-state index in [-0.39, 0.29) is 11.4 Å². The number of hydrogen-bond donors (Lipinski definition) is 2. The van der Waals surface area contributed by atoms with E-state index in [9.17, 15) is 4.79 Å². The van der Waals surface area contributed by atoms with E-state index in [0.717, 1.165) is 12.8 Å². The lowest BCUT2D eigenvalue weighted by molar-refractivity contribution is 0.0891. The minimum Gasteiger partial charge on any atom is -0.448 e. The Morgan fingerprint density at radius 3 is 2.88 bits per heavy atom. The first-order chi connectivity index (χ1) is 7.57. The molecule has 1 atom stereocenters. The van der Waals surface area contributed by atoms with E-state index < -0.39 is 0 Å². The van der Waals surface area contributed by atoms with Crippen molar-refractivity contribution in [2.75, 3.05) is 6.54 Å². The summed E-state index contributed by atoms with van der Waals surface area (Å²) in [5.41, 5.74) is 5.76. The van der Waals surface area contributed by atoms with Gasteiger partial charge in [0.1, 0.15) is 5.76 Å². The molecule has 1 aromatic rings. The van der Waals surface area contributed by atoms with Crippen molar-refractivity contribution in [3.8, 4) is 0 Å². The van der Waals surface area contributed by atoms with Crippen LogP contribution in [0.25, 0.3) is 0 Å². The molecule has 5 nitrogen and oxygen atoms in total. The summed E-state index contributed by atoms with van der Waals surface area (Å²) in [5, 5.41) is 2.96. The van der Waals surface area contributed by atoms with Crippen molar-refractivity contribution >= 4 is 5.91 Å². The van der Waals surface area contributed by atoms with Crippen LogP contribution in [0.3, 0.4) is 0 Å². The first kappa shape index (κ1) is 11.1. The third-order valence-electron chi connectivity index (χ3n) is 3.26. The Kier molecular flexibility index (Phi) is 2.71. The predicted molar refractivity (Wildman–Crippen MR) is 58.9 cm³/mol. The van der Waals surface area contributed by atoms with Crippen molar-refractivity contribution in [3.05, 3.63) is 17.8 Å². The zero-order valence-electron chi connectivity index (χ0n) is 9.62. The third-order valence-corrected chi connectivity index (χ3v) is 3.26. The van der Waals surface area contributed by atoms with Gasteiger partial charge in [-0.25, -0.2) is 4.98 Å².